The molecule has 0 spiro atoms. The number of nitrogens with one attached hydrogen (secondary N) is 2. The summed E-state index contributed by atoms with van der Waals surface area (Å²) in [6, 6.07) is -0.518. The maximum absolute atomic E-state index is 12.1. The third kappa shape index (κ3) is 6.46. The number of hydrogen-bond donors (Lipinski definition) is 2. The SMILES string of the molecule is CCOC(=O)C(NC(=O)CCC1CCNCC1)C(C)CC. The highest BCUT2D eigenvalue weighted by molar-refractivity contribution is 5.84. The summed E-state index contributed by atoms with van der Waals surface area (Å²) < 4.78 is 5.06. The molecule has 0 aromatic heterocycles. The predicted octanol–water partition coefficient (Wildman–Crippen LogP) is 1.86. The van der Waals surface area contributed by atoms with Crippen molar-refractivity contribution in [3.8, 4) is 0 Å². The lowest BCUT2D eigenvalue weighted by Crippen LogP contribution is -2.46. The van der Waals surface area contributed by atoms with E-state index in [0.29, 0.717) is 18.9 Å². The van der Waals surface area contributed by atoms with Gasteiger partial charge in [0.2, 0.25) is 5.91 Å². The minimum atomic E-state index is -0.518. The van der Waals surface area contributed by atoms with Crippen LogP contribution in [-0.4, -0.2) is 37.6 Å². The van der Waals surface area contributed by atoms with E-state index in [0.717, 1.165) is 38.8 Å². The molecule has 1 heterocycles. The van der Waals surface area contributed by atoms with Gasteiger partial charge in [0.05, 0.1) is 6.61 Å². The van der Waals surface area contributed by atoms with Gasteiger partial charge in [0.1, 0.15) is 6.04 Å². The number of amides is 1. The van der Waals surface area contributed by atoms with Gasteiger partial charge < -0.3 is 15.4 Å². The lowest BCUT2D eigenvalue weighted by molar-refractivity contribution is -0.149. The summed E-state index contributed by atoms with van der Waals surface area (Å²) in [5.41, 5.74) is 0. The number of carbonyl (C=O) groups excluding carboxylic acids is 2. The fraction of sp³-hybridized carbons (Fsp3) is 0.875. The smallest absolute Gasteiger partial charge is 0.328 e. The van der Waals surface area contributed by atoms with Crippen LogP contribution in [-0.2, 0) is 14.3 Å². The first-order valence-corrected chi connectivity index (χ1v) is 8.25. The average Bonchev–Trinajstić information content (AvgIpc) is 2.51. The van der Waals surface area contributed by atoms with Crippen LogP contribution in [0.1, 0.15) is 52.9 Å². The van der Waals surface area contributed by atoms with E-state index in [2.05, 4.69) is 10.6 Å². The molecule has 0 aromatic carbocycles. The van der Waals surface area contributed by atoms with E-state index in [1.807, 2.05) is 13.8 Å². The molecule has 1 aliphatic rings. The molecule has 1 rings (SSSR count). The van der Waals surface area contributed by atoms with Gasteiger partial charge in [-0.3, -0.25) is 4.79 Å². The van der Waals surface area contributed by atoms with Crippen LogP contribution in [0.3, 0.4) is 0 Å². The second-order valence-electron chi connectivity index (χ2n) is 5.91. The van der Waals surface area contributed by atoms with Crippen molar-refractivity contribution in [3.05, 3.63) is 0 Å². The molecule has 0 aliphatic carbocycles. The van der Waals surface area contributed by atoms with Crippen LogP contribution < -0.4 is 10.6 Å². The number of piperidine rings is 1. The van der Waals surface area contributed by atoms with Gasteiger partial charge >= 0.3 is 5.97 Å². The van der Waals surface area contributed by atoms with Crippen LogP contribution >= 0.6 is 0 Å². The summed E-state index contributed by atoms with van der Waals surface area (Å²) in [5.74, 6) is 0.363. The second kappa shape index (κ2) is 9.77. The Bertz CT molecular complexity index is 327. The van der Waals surface area contributed by atoms with Crippen molar-refractivity contribution in [1.29, 1.82) is 0 Å². The lowest BCUT2D eigenvalue weighted by Gasteiger charge is -2.24. The molecule has 2 atom stereocenters. The molecule has 0 radical (unpaired) electrons. The fourth-order valence-corrected chi connectivity index (χ4v) is 2.65. The zero-order valence-corrected chi connectivity index (χ0v) is 13.6. The summed E-state index contributed by atoms with van der Waals surface area (Å²) in [6.07, 6.45) is 4.51. The Kier molecular flexibility index (Phi) is 8.35. The van der Waals surface area contributed by atoms with Crippen molar-refractivity contribution in [3.63, 3.8) is 0 Å². The van der Waals surface area contributed by atoms with Crippen molar-refractivity contribution in [2.45, 2.75) is 58.9 Å². The average molecular weight is 298 g/mol. The number of ether oxygens (including phenoxy) is 1. The Hall–Kier alpha value is -1.10. The highest BCUT2D eigenvalue weighted by Gasteiger charge is 2.27. The summed E-state index contributed by atoms with van der Waals surface area (Å²) in [4.78, 5) is 24.0. The molecule has 5 nitrogen and oxygen atoms in total. The standard InChI is InChI=1S/C16H30N2O3/c1-4-12(3)15(16(20)21-5-2)18-14(19)7-6-13-8-10-17-11-9-13/h12-13,15,17H,4-11H2,1-3H3,(H,18,19). The molecule has 0 aromatic rings. The summed E-state index contributed by atoms with van der Waals surface area (Å²) in [6.45, 7) is 8.20. The van der Waals surface area contributed by atoms with Crippen LogP contribution in [0.25, 0.3) is 0 Å². The molecule has 21 heavy (non-hydrogen) atoms. The van der Waals surface area contributed by atoms with Crippen molar-refractivity contribution in [1.82, 2.24) is 10.6 Å². The van der Waals surface area contributed by atoms with Crippen molar-refractivity contribution in [2.75, 3.05) is 19.7 Å². The minimum Gasteiger partial charge on any atom is -0.464 e. The zero-order chi connectivity index (χ0) is 15.7. The molecule has 1 aliphatic heterocycles. The second-order valence-corrected chi connectivity index (χ2v) is 5.91. The van der Waals surface area contributed by atoms with E-state index < -0.39 is 6.04 Å². The van der Waals surface area contributed by atoms with E-state index in [4.69, 9.17) is 4.74 Å². The number of esters is 1. The van der Waals surface area contributed by atoms with Crippen molar-refractivity contribution in [2.24, 2.45) is 11.8 Å². The Morgan fingerprint density at radius 1 is 1.29 bits per heavy atom. The first-order chi connectivity index (χ1) is 10.1. The quantitative estimate of drug-likeness (QED) is 0.671. The first kappa shape index (κ1) is 18.0. The van der Waals surface area contributed by atoms with Crippen LogP contribution in [0.5, 0.6) is 0 Å². The summed E-state index contributed by atoms with van der Waals surface area (Å²) in [5, 5.41) is 6.19. The zero-order valence-electron chi connectivity index (χ0n) is 13.6. The van der Waals surface area contributed by atoms with E-state index in [1.165, 1.54) is 0 Å². The highest BCUT2D eigenvalue weighted by atomic mass is 16.5. The van der Waals surface area contributed by atoms with Gasteiger partial charge in [-0.15, -0.1) is 0 Å². The monoisotopic (exact) mass is 298 g/mol. The van der Waals surface area contributed by atoms with Crippen LogP contribution in [0.2, 0.25) is 0 Å². The Morgan fingerprint density at radius 2 is 1.95 bits per heavy atom. The molecule has 1 amide bonds. The third-order valence-corrected chi connectivity index (χ3v) is 4.31. The highest BCUT2D eigenvalue weighted by Crippen LogP contribution is 2.18. The van der Waals surface area contributed by atoms with E-state index in [1.54, 1.807) is 6.92 Å². The van der Waals surface area contributed by atoms with Crippen LogP contribution in [0.4, 0.5) is 0 Å². The topological polar surface area (TPSA) is 67.4 Å². The van der Waals surface area contributed by atoms with Gasteiger partial charge in [-0.25, -0.2) is 4.79 Å². The maximum atomic E-state index is 12.1. The normalized spacial score (nSPS) is 18.8. The molecule has 0 saturated carbocycles. The predicted molar refractivity (Wildman–Crippen MR) is 82.8 cm³/mol. The van der Waals surface area contributed by atoms with Gasteiger partial charge in [-0.2, -0.15) is 0 Å². The van der Waals surface area contributed by atoms with Crippen LogP contribution in [0, 0.1) is 11.8 Å². The molecule has 0 bridgehead atoms. The molecule has 1 saturated heterocycles. The third-order valence-electron chi connectivity index (χ3n) is 4.31. The lowest BCUT2D eigenvalue weighted by atomic mass is 9.93. The molecule has 2 unspecified atom stereocenters. The minimum absolute atomic E-state index is 0.0353. The first-order valence-electron chi connectivity index (χ1n) is 8.25. The Balaban J connectivity index is 2.41. The largest absolute Gasteiger partial charge is 0.464 e. The summed E-state index contributed by atoms with van der Waals surface area (Å²) >= 11 is 0. The van der Waals surface area contributed by atoms with Crippen molar-refractivity contribution < 1.29 is 14.3 Å². The van der Waals surface area contributed by atoms with Crippen molar-refractivity contribution >= 4 is 11.9 Å². The Labute approximate surface area is 128 Å². The molecule has 5 heteroatoms. The van der Waals surface area contributed by atoms with Crippen LogP contribution in [0.15, 0.2) is 0 Å². The number of rotatable bonds is 8. The molecule has 122 valence electrons. The number of carbonyl (C=O) groups is 2. The van der Waals surface area contributed by atoms with E-state index >= 15 is 0 Å². The molecule has 2 N–H and O–H groups in total. The van der Waals surface area contributed by atoms with Gasteiger partial charge in [0.25, 0.3) is 0 Å². The summed E-state index contributed by atoms with van der Waals surface area (Å²) in [7, 11) is 0. The van der Waals surface area contributed by atoms with E-state index in [9.17, 15) is 9.59 Å². The molecule has 1 fully saturated rings. The maximum Gasteiger partial charge on any atom is 0.328 e. The van der Waals surface area contributed by atoms with Gasteiger partial charge in [0, 0.05) is 6.42 Å². The number of hydrogen-bond acceptors (Lipinski definition) is 4. The van der Waals surface area contributed by atoms with E-state index in [-0.39, 0.29) is 17.8 Å². The van der Waals surface area contributed by atoms with Gasteiger partial charge in [0.15, 0.2) is 0 Å². The molecular formula is C16H30N2O3. The van der Waals surface area contributed by atoms with Gasteiger partial charge in [-0.1, -0.05) is 20.3 Å². The Morgan fingerprint density at radius 3 is 2.52 bits per heavy atom. The fourth-order valence-electron chi connectivity index (χ4n) is 2.65. The van der Waals surface area contributed by atoms with Gasteiger partial charge in [-0.05, 0) is 51.1 Å². The molecular weight excluding hydrogens is 268 g/mol.